The van der Waals surface area contributed by atoms with Crippen LogP contribution in [0.1, 0.15) is 0 Å². The van der Waals surface area contributed by atoms with Crippen LogP contribution < -0.4 is 19.1 Å². The van der Waals surface area contributed by atoms with Crippen molar-refractivity contribution >= 4 is 54.6 Å². The van der Waals surface area contributed by atoms with E-state index in [4.69, 9.17) is 16.3 Å². The van der Waals surface area contributed by atoms with Crippen LogP contribution in [0.15, 0.2) is 107 Å². The molecule has 0 saturated carbocycles. The number of carbonyl (C=O) groups is 1. The van der Waals surface area contributed by atoms with Crippen molar-refractivity contribution in [2.24, 2.45) is 0 Å². The molecule has 1 amide bonds. The summed E-state index contributed by atoms with van der Waals surface area (Å²) < 4.78 is 74.7. The normalized spacial score (nSPS) is 15.1. The maximum absolute atomic E-state index is 13.5. The predicted octanol–water partition coefficient (Wildman–Crippen LogP) is 4.87. The van der Waals surface area contributed by atoms with Crippen molar-refractivity contribution in [2.75, 3.05) is 20.9 Å². The number of hydrogen-bond acceptors (Lipinski definition) is 6. The molecule has 4 aromatic rings. The Labute approximate surface area is 235 Å². The monoisotopic (exact) mass is 601 g/mol. The molecule has 206 valence electrons. The first-order chi connectivity index (χ1) is 19.0. The topological polar surface area (TPSA) is 122 Å². The van der Waals surface area contributed by atoms with Crippen molar-refractivity contribution in [3.8, 4) is 5.75 Å². The van der Waals surface area contributed by atoms with E-state index in [2.05, 4.69) is 10.0 Å². The molecule has 5 rings (SSSR count). The maximum atomic E-state index is 13.5. The Bertz CT molecular complexity index is 1770. The molecule has 0 radical (unpaired) electrons. The van der Waals surface area contributed by atoms with E-state index < -0.39 is 37.9 Å². The van der Waals surface area contributed by atoms with Crippen LogP contribution >= 0.6 is 11.6 Å². The number of para-hydroxylation sites is 2. The number of sulfonamides is 2. The van der Waals surface area contributed by atoms with Crippen LogP contribution in [-0.4, -0.2) is 35.4 Å². The summed E-state index contributed by atoms with van der Waals surface area (Å²) in [6, 6.07) is 22.3. The van der Waals surface area contributed by atoms with Crippen molar-refractivity contribution in [3.05, 3.63) is 108 Å². The number of hydrogen-bond donors (Lipinski definition) is 2. The second-order valence-electron chi connectivity index (χ2n) is 8.69. The van der Waals surface area contributed by atoms with Gasteiger partial charge in [-0.05, 0) is 84.9 Å². The van der Waals surface area contributed by atoms with Gasteiger partial charge in [0.2, 0.25) is 0 Å². The summed E-state index contributed by atoms with van der Waals surface area (Å²) >= 11 is 5.92. The molecule has 0 aromatic heterocycles. The molecule has 13 heteroatoms. The van der Waals surface area contributed by atoms with Gasteiger partial charge >= 0.3 is 0 Å². The fraction of sp³-hybridized carbons (Fsp3) is 0.0741. The number of halogens is 2. The standard InChI is InChI=1S/C27H21ClFN3O6S2/c28-18-5-13-23(14-6-18)40(36,37)32-17-26(38-25-4-2-1-3-24(25)32)27(33)30-20-11-15-22(16-12-20)39(34,35)31-21-9-7-19(29)8-10-21/h1-16,26,31H,17H2,(H,30,33)/t26-/m1/s1. The number of fused-ring (bicyclic) bond motifs is 1. The van der Waals surface area contributed by atoms with Gasteiger partial charge in [-0.25, -0.2) is 21.2 Å². The average molecular weight is 602 g/mol. The summed E-state index contributed by atoms with van der Waals surface area (Å²) in [5.74, 6) is -0.926. The highest BCUT2D eigenvalue weighted by Gasteiger charge is 2.37. The fourth-order valence-electron chi connectivity index (χ4n) is 3.97. The molecule has 1 atom stereocenters. The number of carbonyl (C=O) groups excluding carboxylic acids is 1. The molecule has 0 spiro atoms. The molecule has 2 N–H and O–H groups in total. The molecule has 0 unspecified atom stereocenters. The summed E-state index contributed by atoms with van der Waals surface area (Å²) in [7, 11) is -8.03. The zero-order valence-electron chi connectivity index (χ0n) is 20.5. The third kappa shape index (κ3) is 5.74. The minimum Gasteiger partial charge on any atom is -0.476 e. The number of ether oxygens (including phenoxy) is 1. The van der Waals surface area contributed by atoms with Gasteiger partial charge in [0.15, 0.2) is 6.10 Å². The lowest BCUT2D eigenvalue weighted by Gasteiger charge is -2.34. The highest BCUT2D eigenvalue weighted by Crippen LogP contribution is 2.37. The van der Waals surface area contributed by atoms with E-state index in [0.29, 0.717) is 5.02 Å². The zero-order chi connectivity index (χ0) is 28.5. The quantitative estimate of drug-likeness (QED) is 0.312. The SMILES string of the molecule is O=C(Nc1ccc(S(=O)(=O)Nc2ccc(F)cc2)cc1)[C@H]1CN(S(=O)(=O)c2ccc(Cl)cc2)c2ccccc2O1. The van der Waals surface area contributed by atoms with E-state index in [9.17, 15) is 26.0 Å². The molecular weight excluding hydrogens is 581 g/mol. The number of benzene rings is 4. The van der Waals surface area contributed by atoms with Crippen LogP contribution in [0, 0.1) is 5.82 Å². The molecule has 1 aliphatic heterocycles. The van der Waals surface area contributed by atoms with Gasteiger partial charge in [-0.15, -0.1) is 0 Å². The van der Waals surface area contributed by atoms with Gasteiger partial charge in [-0.1, -0.05) is 23.7 Å². The van der Waals surface area contributed by atoms with Gasteiger partial charge in [0.1, 0.15) is 11.6 Å². The first kappa shape index (κ1) is 27.4. The second kappa shape index (κ2) is 10.8. The van der Waals surface area contributed by atoms with Crippen LogP contribution in [0.25, 0.3) is 0 Å². The first-order valence-corrected chi connectivity index (χ1v) is 15.1. The Hall–Kier alpha value is -4.13. The van der Waals surface area contributed by atoms with E-state index in [-0.39, 0.29) is 39.1 Å². The van der Waals surface area contributed by atoms with E-state index >= 15 is 0 Å². The Morgan fingerprint density at radius 1 is 0.825 bits per heavy atom. The van der Waals surface area contributed by atoms with Gasteiger partial charge in [0, 0.05) is 16.4 Å². The van der Waals surface area contributed by atoms with Crippen molar-refractivity contribution in [1.82, 2.24) is 0 Å². The minimum absolute atomic E-state index is 0.00111. The second-order valence-corrected chi connectivity index (χ2v) is 12.7. The zero-order valence-corrected chi connectivity index (χ0v) is 22.9. The highest BCUT2D eigenvalue weighted by atomic mass is 35.5. The smallest absolute Gasteiger partial charge is 0.267 e. The number of rotatable bonds is 7. The van der Waals surface area contributed by atoms with Crippen molar-refractivity contribution in [3.63, 3.8) is 0 Å². The lowest BCUT2D eigenvalue weighted by molar-refractivity contribution is -0.122. The predicted molar refractivity (Wildman–Crippen MR) is 149 cm³/mol. The van der Waals surface area contributed by atoms with Gasteiger partial charge in [0.05, 0.1) is 22.0 Å². The van der Waals surface area contributed by atoms with Crippen molar-refractivity contribution in [2.45, 2.75) is 15.9 Å². The molecule has 1 aliphatic rings. The Morgan fingerprint density at radius 2 is 1.43 bits per heavy atom. The molecule has 4 aromatic carbocycles. The van der Waals surface area contributed by atoms with Gasteiger partial charge in [0.25, 0.3) is 26.0 Å². The number of amides is 1. The average Bonchev–Trinajstić information content (AvgIpc) is 2.94. The Kier molecular flexibility index (Phi) is 7.41. The molecule has 0 bridgehead atoms. The van der Waals surface area contributed by atoms with Gasteiger partial charge in [-0.2, -0.15) is 0 Å². The molecule has 9 nitrogen and oxygen atoms in total. The van der Waals surface area contributed by atoms with E-state index in [0.717, 1.165) is 16.4 Å². The molecule has 0 fully saturated rings. The third-order valence-corrected chi connectivity index (χ3v) is 9.40. The number of nitrogens with zero attached hydrogens (tertiary/aromatic N) is 1. The summed E-state index contributed by atoms with van der Waals surface area (Å²) in [6.45, 7) is -0.304. The van der Waals surface area contributed by atoms with E-state index in [1.54, 1.807) is 24.3 Å². The maximum Gasteiger partial charge on any atom is 0.267 e. The molecule has 1 heterocycles. The fourth-order valence-corrected chi connectivity index (χ4v) is 6.63. The van der Waals surface area contributed by atoms with Crippen LogP contribution in [0.3, 0.4) is 0 Å². The highest BCUT2D eigenvalue weighted by molar-refractivity contribution is 7.93. The molecule has 40 heavy (non-hydrogen) atoms. The lowest BCUT2D eigenvalue weighted by atomic mass is 10.2. The van der Waals surface area contributed by atoms with Crippen molar-refractivity contribution in [1.29, 1.82) is 0 Å². The number of anilines is 3. The Morgan fingerprint density at radius 3 is 2.10 bits per heavy atom. The largest absolute Gasteiger partial charge is 0.476 e. The molecule has 0 aliphatic carbocycles. The molecular formula is C27H21ClFN3O6S2. The summed E-state index contributed by atoms with van der Waals surface area (Å²) in [5.41, 5.74) is 0.733. The summed E-state index contributed by atoms with van der Waals surface area (Å²) in [5, 5.41) is 3.01. The molecule has 0 saturated heterocycles. The summed E-state index contributed by atoms with van der Waals surface area (Å²) in [6.07, 6.45) is -1.21. The van der Waals surface area contributed by atoms with Gasteiger partial charge in [-0.3, -0.25) is 13.8 Å². The van der Waals surface area contributed by atoms with Gasteiger partial charge < -0.3 is 10.1 Å². The van der Waals surface area contributed by atoms with Crippen molar-refractivity contribution < 1.29 is 30.8 Å². The lowest BCUT2D eigenvalue weighted by Crippen LogP contribution is -2.48. The van der Waals surface area contributed by atoms with Crippen LogP contribution in [-0.2, 0) is 24.8 Å². The van der Waals surface area contributed by atoms with Crippen LogP contribution in [0.4, 0.5) is 21.5 Å². The van der Waals surface area contributed by atoms with Crippen LogP contribution in [0.5, 0.6) is 5.75 Å². The van der Waals surface area contributed by atoms with Crippen LogP contribution in [0.2, 0.25) is 5.02 Å². The van der Waals surface area contributed by atoms with E-state index in [1.165, 1.54) is 60.7 Å². The minimum atomic E-state index is -4.06. The Balaban J connectivity index is 1.33. The third-order valence-electron chi connectivity index (χ3n) is 5.96. The summed E-state index contributed by atoms with van der Waals surface area (Å²) in [4.78, 5) is 13.1. The van der Waals surface area contributed by atoms with E-state index in [1.807, 2.05) is 0 Å². The number of nitrogens with one attached hydrogen (secondary N) is 2. The first-order valence-electron chi connectivity index (χ1n) is 11.8.